The SMILES string of the molecule is CCCCC1(O)C2CC3CC1CC(C(=O)OCC(C)(F)F)(C3)C2. The number of carbonyl (C=O) groups is 1. The molecule has 0 aromatic carbocycles. The highest BCUT2D eigenvalue weighted by atomic mass is 19.3. The predicted molar refractivity (Wildman–Crippen MR) is 82.0 cm³/mol. The lowest BCUT2D eigenvalue weighted by Gasteiger charge is -2.62. The van der Waals surface area contributed by atoms with Gasteiger partial charge in [-0.1, -0.05) is 19.8 Å². The summed E-state index contributed by atoms with van der Waals surface area (Å²) < 4.78 is 31.0. The van der Waals surface area contributed by atoms with Gasteiger partial charge in [-0.05, 0) is 56.3 Å². The van der Waals surface area contributed by atoms with Crippen LogP contribution in [0.3, 0.4) is 0 Å². The number of alkyl halides is 2. The van der Waals surface area contributed by atoms with E-state index in [1.54, 1.807) is 0 Å². The first-order chi connectivity index (χ1) is 10.7. The van der Waals surface area contributed by atoms with E-state index in [0.29, 0.717) is 18.8 Å². The fourth-order valence-electron chi connectivity index (χ4n) is 5.54. The van der Waals surface area contributed by atoms with Gasteiger partial charge in [0.1, 0.15) is 0 Å². The summed E-state index contributed by atoms with van der Waals surface area (Å²) in [5.41, 5.74) is -1.29. The molecular weight excluding hydrogens is 302 g/mol. The zero-order chi connectivity index (χ0) is 16.9. The summed E-state index contributed by atoms with van der Waals surface area (Å²) in [6, 6.07) is 0. The van der Waals surface area contributed by atoms with Crippen molar-refractivity contribution in [3.8, 4) is 0 Å². The molecular formula is C18H28F2O3. The first-order valence-corrected chi connectivity index (χ1v) is 8.96. The maximum Gasteiger partial charge on any atom is 0.312 e. The zero-order valence-electron chi connectivity index (χ0n) is 14.1. The van der Waals surface area contributed by atoms with Crippen LogP contribution >= 0.6 is 0 Å². The molecule has 4 aliphatic rings. The summed E-state index contributed by atoms with van der Waals surface area (Å²) in [4.78, 5) is 12.5. The van der Waals surface area contributed by atoms with E-state index in [2.05, 4.69) is 6.92 Å². The van der Waals surface area contributed by atoms with Gasteiger partial charge in [-0.2, -0.15) is 0 Å². The molecule has 4 rings (SSSR count). The largest absolute Gasteiger partial charge is 0.459 e. The lowest BCUT2D eigenvalue weighted by molar-refractivity contribution is -0.220. The van der Waals surface area contributed by atoms with E-state index >= 15 is 0 Å². The fraction of sp³-hybridized carbons (Fsp3) is 0.944. The number of carbonyl (C=O) groups excluding carboxylic acids is 1. The number of rotatable bonds is 6. The van der Waals surface area contributed by atoms with Gasteiger partial charge >= 0.3 is 5.97 Å². The van der Waals surface area contributed by atoms with Crippen LogP contribution < -0.4 is 0 Å². The topological polar surface area (TPSA) is 46.5 Å². The summed E-state index contributed by atoms with van der Waals surface area (Å²) in [5, 5.41) is 11.2. The number of halogens is 2. The van der Waals surface area contributed by atoms with Crippen molar-refractivity contribution < 1.29 is 23.4 Å². The van der Waals surface area contributed by atoms with Crippen LogP contribution in [0, 0.1) is 23.2 Å². The van der Waals surface area contributed by atoms with E-state index in [0.717, 1.165) is 45.4 Å². The Labute approximate surface area is 136 Å². The summed E-state index contributed by atoms with van der Waals surface area (Å²) in [6.45, 7) is 2.04. The van der Waals surface area contributed by atoms with Crippen molar-refractivity contribution in [2.75, 3.05) is 6.61 Å². The van der Waals surface area contributed by atoms with Gasteiger partial charge in [-0.3, -0.25) is 4.79 Å². The van der Waals surface area contributed by atoms with Crippen molar-refractivity contribution in [1.82, 2.24) is 0 Å². The molecule has 1 N–H and O–H groups in total. The Morgan fingerprint density at radius 2 is 1.87 bits per heavy atom. The normalized spacial score (nSPS) is 42.0. The number of aliphatic hydroxyl groups is 1. The molecule has 0 amide bonds. The first kappa shape index (κ1) is 17.1. The molecule has 4 saturated carbocycles. The molecule has 0 heterocycles. The minimum absolute atomic E-state index is 0.120. The highest BCUT2D eigenvalue weighted by Crippen LogP contribution is 2.64. The molecule has 2 atom stereocenters. The Morgan fingerprint density at radius 3 is 2.39 bits per heavy atom. The molecule has 132 valence electrons. The second-order valence-electron chi connectivity index (χ2n) is 8.37. The number of esters is 1. The molecule has 23 heavy (non-hydrogen) atoms. The fourth-order valence-corrected chi connectivity index (χ4v) is 5.54. The minimum atomic E-state index is -2.99. The molecule has 0 spiro atoms. The molecule has 4 bridgehead atoms. The second kappa shape index (κ2) is 5.68. The quantitative estimate of drug-likeness (QED) is 0.751. The van der Waals surface area contributed by atoms with E-state index in [4.69, 9.17) is 4.74 Å². The molecule has 0 aliphatic heterocycles. The Hall–Kier alpha value is -0.710. The van der Waals surface area contributed by atoms with Crippen LogP contribution in [0.1, 0.15) is 65.2 Å². The summed E-state index contributed by atoms with van der Waals surface area (Å²) in [5.74, 6) is -2.77. The third-order valence-corrected chi connectivity index (χ3v) is 6.42. The molecule has 0 aromatic rings. The molecule has 5 heteroatoms. The van der Waals surface area contributed by atoms with Gasteiger partial charge in [-0.15, -0.1) is 0 Å². The van der Waals surface area contributed by atoms with Crippen LogP contribution in [-0.4, -0.2) is 29.2 Å². The number of hydrogen-bond acceptors (Lipinski definition) is 3. The molecule has 3 nitrogen and oxygen atoms in total. The van der Waals surface area contributed by atoms with Crippen molar-refractivity contribution in [2.24, 2.45) is 23.2 Å². The Kier molecular flexibility index (Phi) is 4.23. The number of unbranched alkanes of at least 4 members (excludes halogenated alkanes) is 1. The van der Waals surface area contributed by atoms with Crippen molar-refractivity contribution in [2.45, 2.75) is 76.7 Å². The average molecular weight is 330 g/mol. The van der Waals surface area contributed by atoms with Crippen molar-refractivity contribution in [3.63, 3.8) is 0 Å². The van der Waals surface area contributed by atoms with Gasteiger partial charge in [0, 0.05) is 6.92 Å². The van der Waals surface area contributed by atoms with E-state index in [-0.39, 0.29) is 11.8 Å². The lowest BCUT2D eigenvalue weighted by Crippen LogP contribution is -2.63. The maximum atomic E-state index is 13.0. The van der Waals surface area contributed by atoms with E-state index < -0.39 is 29.5 Å². The standard InChI is InChI=1S/C18H28F2O3/c1-3-4-5-18(22)13-6-12-7-14(18)10-17(8-12,9-13)15(21)23-11-16(2,19)20/h12-14,22H,3-11H2,1-2H3. The number of ether oxygens (including phenoxy) is 1. The van der Waals surface area contributed by atoms with Crippen LogP contribution in [0.2, 0.25) is 0 Å². The smallest absolute Gasteiger partial charge is 0.312 e. The van der Waals surface area contributed by atoms with Crippen molar-refractivity contribution in [1.29, 1.82) is 0 Å². The highest BCUT2D eigenvalue weighted by molar-refractivity contribution is 5.77. The Balaban J connectivity index is 1.74. The summed E-state index contributed by atoms with van der Waals surface area (Å²) in [7, 11) is 0. The monoisotopic (exact) mass is 330 g/mol. The molecule has 4 fully saturated rings. The van der Waals surface area contributed by atoms with E-state index in [1.807, 2.05) is 0 Å². The molecule has 0 aromatic heterocycles. The third-order valence-electron chi connectivity index (χ3n) is 6.42. The van der Waals surface area contributed by atoms with E-state index in [1.165, 1.54) is 0 Å². The summed E-state index contributed by atoms with van der Waals surface area (Å²) in [6.07, 6.45) is 6.73. The van der Waals surface area contributed by atoms with Crippen LogP contribution in [0.15, 0.2) is 0 Å². The zero-order valence-corrected chi connectivity index (χ0v) is 14.1. The molecule has 0 saturated heterocycles. The van der Waals surface area contributed by atoms with Gasteiger partial charge in [-0.25, -0.2) is 8.78 Å². The van der Waals surface area contributed by atoms with Gasteiger partial charge < -0.3 is 9.84 Å². The van der Waals surface area contributed by atoms with Crippen LogP contribution in [0.25, 0.3) is 0 Å². The average Bonchev–Trinajstić information content (AvgIpc) is 2.47. The lowest BCUT2D eigenvalue weighted by atomic mass is 9.44. The molecule has 2 unspecified atom stereocenters. The van der Waals surface area contributed by atoms with Crippen molar-refractivity contribution >= 4 is 5.97 Å². The number of hydrogen-bond donors (Lipinski definition) is 1. The molecule has 4 aliphatic carbocycles. The van der Waals surface area contributed by atoms with Crippen LogP contribution in [0.5, 0.6) is 0 Å². The van der Waals surface area contributed by atoms with Gasteiger partial charge in [0.15, 0.2) is 6.61 Å². The van der Waals surface area contributed by atoms with Crippen LogP contribution in [-0.2, 0) is 9.53 Å². The summed E-state index contributed by atoms with van der Waals surface area (Å²) >= 11 is 0. The third kappa shape index (κ3) is 3.01. The highest BCUT2D eigenvalue weighted by Gasteiger charge is 2.64. The van der Waals surface area contributed by atoms with Crippen molar-refractivity contribution in [3.05, 3.63) is 0 Å². The Bertz CT molecular complexity index is 455. The van der Waals surface area contributed by atoms with Gasteiger partial charge in [0.2, 0.25) is 0 Å². The minimum Gasteiger partial charge on any atom is -0.459 e. The first-order valence-electron chi connectivity index (χ1n) is 8.96. The Morgan fingerprint density at radius 1 is 1.26 bits per heavy atom. The predicted octanol–water partition coefficient (Wildman–Crippen LogP) is 3.93. The molecule has 0 radical (unpaired) electrons. The van der Waals surface area contributed by atoms with E-state index in [9.17, 15) is 18.7 Å². The van der Waals surface area contributed by atoms with Crippen LogP contribution in [0.4, 0.5) is 8.78 Å². The van der Waals surface area contributed by atoms with Gasteiger partial charge in [0.25, 0.3) is 5.92 Å². The maximum absolute atomic E-state index is 13.0. The van der Waals surface area contributed by atoms with Gasteiger partial charge in [0.05, 0.1) is 11.0 Å². The second-order valence-corrected chi connectivity index (χ2v) is 8.37.